The first-order valence-electron chi connectivity index (χ1n) is 7.39. The third kappa shape index (κ3) is 3.62. The Hall–Kier alpha value is -1.41. The molecule has 4 nitrogen and oxygen atoms in total. The third-order valence-corrected chi connectivity index (χ3v) is 7.00. The number of fused-ring (bicyclic) bond motifs is 1. The van der Waals surface area contributed by atoms with Gasteiger partial charge in [-0.2, -0.15) is 0 Å². The highest BCUT2D eigenvalue weighted by atomic mass is 31.2. The Morgan fingerprint density at radius 2 is 1.67 bits per heavy atom. The molecule has 0 aliphatic carbocycles. The Bertz CT molecular complexity index is 720. The van der Waals surface area contributed by atoms with Crippen molar-refractivity contribution < 1.29 is 4.57 Å². The SMILES string of the molecule is CC(C)CP(=O)(CC(C)C)c1nc2ccccc2[nH]c1=O. The lowest BCUT2D eigenvalue weighted by Crippen LogP contribution is -2.33. The number of nitrogens with zero attached hydrogens (tertiary/aromatic N) is 1. The van der Waals surface area contributed by atoms with Gasteiger partial charge >= 0.3 is 0 Å². The number of nitrogens with one attached hydrogen (secondary N) is 1. The van der Waals surface area contributed by atoms with E-state index in [1.807, 2.05) is 52.0 Å². The second-order valence-corrected chi connectivity index (χ2v) is 9.38. The number of aromatic amines is 1. The maximum atomic E-state index is 13.4. The van der Waals surface area contributed by atoms with Crippen molar-refractivity contribution in [2.45, 2.75) is 27.7 Å². The summed E-state index contributed by atoms with van der Waals surface area (Å²) in [5.74, 6) is 0.532. The van der Waals surface area contributed by atoms with E-state index in [1.165, 1.54) is 0 Å². The summed E-state index contributed by atoms with van der Waals surface area (Å²) in [6.07, 6.45) is 1.05. The lowest BCUT2D eigenvalue weighted by Gasteiger charge is -2.21. The van der Waals surface area contributed by atoms with E-state index in [9.17, 15) is 9.36 Å². The zero-order chi connectivity index (χ0) is 15.6. The number of hydrogen-bond donors (Lipinski definition) is 1. The van der Waals surface area contributed by atoms with Gasteiger partial charge in [0.25, 0.3) is 5.56 Å². The van der Waals surface area contributed by atoms with Crippen molar-refractivity contribution in [3.63, 3.8) is 0 Å². The van der Waals surface area contributed by atoms with E-state index in [1.54, 1.807) is 0 Å². The van der Waals surface area contributed by atoms with Gasteiger partial charge in [0.2, 0.25) is 0 Å². The molecule has 0 atom stereocenters. The molecule has 0 amide bonds. The van der Waals surface area contributed by atoms with Crippen LogP contribution in [0.4, 0.5) is 0 Å². The van der Waals surface area contributed by atoms with Gasteiger partial charge in [-0.15, -0.1) is 0 Å². The Labute approximate surface area is 125 Å². The summed E-state index contributed by atoms with van der Waals surface area (Å²) in [5, 5.41) is 0. The van der Waals surface area contributed by atoms with E-state index < -0.39 is 7.14 Å². The van der Waals surface area contributed by atoms with Crippen LogP contribution in [0.25, 0.3) is 11.0 Å². The number of benzene rings is 1. The summed E-state index contributed by atoms with van der Waals surface area (Å²) < 4.78 is 13.4. The third-order valence-electron chi connectivity index (χ3n) is 3.29. The molecule has 0 aliphatic heterocycles. The van der Waals surface area contributed by atoms with Crippen molar-refractivity contribution in [1.82, 2.24) is 9.97 Å². The number of rotatable bonds is 5. The van der Waals surface area contributed by atoms with E-state index in [-0.39, 0.29) is 22.8 Å². The molecule has 1 N–H and O–H groups in total. The Kier molecular flexibility index (Phi) is 4.67. The van der Waals surface area contributed by atoms with E-state index >= 15 is 0 Å². The van der Waals surface area contributed by atoms with Gasteiger partial charge in [-0.1, -0.05) is 39.8 Å². The minimum atomic E-state index is -2.78. The summed E-state index contributed by atoms with van der Waals surface area (Å²) in [5.41, 5.74) is 1.31. The molecule has 2 rings (SSSR count). The maximum absolute atomic E-state index is 13.4. The molecule has 0 fully saturated rings. The van der Waals surface area contributed by atoms with Crippen LogP contribution in [0.5, 0.6) is 0 Å². The summed E-state index contributed by atoms with van der Waals surface area (Å²) in [6, 6.07) is 7.36. The fourth-order valence-electron chi connectivity index (χ4n) is 2.72. The minimum Gasteiger partial charge on any atom is -0.319 e. The van der Waals surface area contributed by atoms with Gasteiger partial charge in [0.05, 0.1) is 11.0 Å². The van der Waals surface area contributed by atoms with Crippen molar-refractivity contribution >= 4 is 23.6 Å². The van der Waals surface area contributed by atoms with Crippen molar-refractivity contribution in [2.75, 3.05) is 12.3 Å². The predicted molar refractivity (Wildman–Crippen MR) is 89.0 cm³/mol. The highest BCUT2D eigenvalue weighted by Gasteiger charge is 2.31. The standard InChI is InChI=1S/C16H23N2O2P/c1-11(2)9-21(20,10-12(3)4)16-15(19)17-13-7-5-6-8-14(13)18-16/h5-8,11-12H,9-10H2,1-4H3,(H,17,19). The molecular formula is C16H23N2O2P. The molecule has 1 aromatic carbocycles. The molecule has 0 aliphatic rings. The summed E-state index contributed by atoms with van der Waals surface area (Å²) >= 11 is 0. The van der Waals surface area contributed by atoms with Crippen LogP contribution in [-0.2, 0) is 4.57 Å². The number of H-pyrrole nitrogens is 1. The topological polar surface area (TPSA) is 62.8 Å². The molecule has 0 bridgehead atoms. The van der Waals surface area contributed by atoms with Gasteiger partial charge in [-0.3, -0.25) is 4.79 Å². The average molecular weight is 306 g/mol. The van der Waals surface area contributed by atoms with E-state index in [4.69, 9.17) is 0 Å². The second-order valence-electron chi connectivity index (χ2n) is 6.45. The second kappa shape index (κ2) is 6.15. The van der Waals surface area contributed by atoms with Crippen LogP contribution in [0.2, 0.25) is 0 Å². The fraction of sp³-hybridized carbons (Fsp3) is 0.500. The molecule has 0 saturated carbocycles. The van der Waals surface area contributed by atoms with Gasteiger partial charge < -0.3 is 9.55 Å². The van der Waals surface area contributed by atoms with E-state index in [0.29, 0.717) is 23.4 Å². The molecule has 114 valence electrons. The van der Waals surface area contributed by atoms with Crippen LogP contribution in [0.1, 0.15) is 27.7 Å². The van der Waals surface area contributed by atoms with E-state index in [0.717, 1.165) is 0 Å². The summed E-state index contributed by atoms with van der Waals surface area (Å²) in [6.45, 7) is 8.12. The van der Waals surface area contributed by atoms with Gasteiger partial charge in [-0.05, 0) is 24.0 Å². The molecule has 1 aromatic heterocycles. The van der Waals surface area contributed by atoms with Crippen LogP contribution in [0.3, 0.4) is 0 Å². The highest BCUT2D eigenvalue weighted by molar-refractivity contribution is 7.71. The molecule has 2 aromatic rings. The maximum Gasteiger partial charge on any atom is 0.277 e. The predicted octanol–water partition coefficient (Wildman–Crippen LogP) is 3.22. The van der Waals surface area contributed by atoms with Crippen LogP contribution in [-0.4, -0.2) is 22.3 Å². The normalized spacial score (nSPS) is 12.5. The quantitative estimate of drug-likeness (QED) is 0.863. The van der Waals surface area contributed by atoms with Gasteiger partial charge in [-0.25, -0.2) is 4.98 Å². The fourth-order valence-corrected chi connectivity index (χ4v) is 6.29. The highest BCUT2D eigenvalue weighted by Crippen LogP contribution is 2.46. The first-order chi connectivity index (χ1) is 9.82. The van der Waals surface area contributed by atoms with Crippen molar-refractivity contribution in [2.24, 2.45) is 11.8 Å². The summed E-state index contributed by atoms with van der Waals surface area (Å²) in [7, 11) is -2.78. The van der Waals surface area contributed by atoms with Crippen LogP contribution >= 0.6 is 7.14 Å². The number of hydrogen-bond acceptors (Lipinski definition) is 3. The van der Waals surface area contributed by atoms with Crippen molar-refractivity contribution in [3.05, 3.63) is 34.6 Å². The molecule has 21 heavy (non-hydrogen) atoms. The molecule has 1 heterocycles. The smallest absolute Gasteiger partial charge is 0.277 e. The molecule has 0 spiro atoms. The summed E-state index contributed by atoms with van der Waals surface area (Å²) in [4.78, 5) is 19.6. The molecule has 5 heteroatoms. The van der Waals surface area contributed by atoms with Gasteiger partial charge in [0.15, 0.2) is 5.44 Å². The zero-order valence-corrected chi connectivity index (χ0v) is 14.0. The van der Waals surface area contributed by atoms with Gasteiger partial charge in [0, 0.05) is 12.3 Å². The number of para-hydroxylation sites is 2. The molecule has 0 unspecified atom stereocenters. The van der Waals surface area contributed by atoms with E-state index in [2.05, 4.69) is 9.97 Å². The molecular weight excluding hydrogens is 283 g/mol. The first-order valence-corrected chi connectivity index (χ1v) is 9.47. The lowest BCUT2D eigenvalue weighted by molar-refractivity contribution is 0.562. The molecule has 0 saturated heterocycles. The van der Waals surface area contributed by atoms with Gasteiger partial charge in [0.1, 0.15) is 7.14 Å². The zero-order valence-electron chi connectivity index (χ0n) is 13.1. The Morgan fingerprint density at radius 1 is 1.10 bits per heavy atom. The minimum absolute atomic E-state index is 0.239. The Balaban J connectivity index is 2.61. The molecule has 0 radical (unpaired) electrons. The Morgan fingerprint density at radius 3 is 2.24 bits per heavy atom. The lowest BCUT2D eigenvalue weighted by atomic mass is 10.3. The van der Waals surface area contributed by atoms with Crippen LogP contribution in [0.15, 0.2) is 29.1 Å². The largest absolute Gasteiger partial charge is 0.319 e. The van der Waals surface area contributed by atoms with Crippen LogP contribution < -0.4 is 11.0 Å². The van der Waals surface area contributed by atoms with Crippen molar-refractivity contribution in [1.29, 1.82) is 0 Å². The first kappa shape index (κ1) is 16.0. The monoisotopic (exact) mass is 306 g/mol. The number of aromatic nitrogens is 2. The average Bonchev–Trinajstić information content (AvgIpc) is 2.35. The van der Waals surface area contributed by atoms with Crippen LogP contribution in [0, 0.1) is 11.8 Å². The van der Waals surface area contributed by atoms with Crippen molar-refractivity contribution in [3.8, 4) is 0 Å².